The highest BCUT2D eigenvalue weighted by atomic mass is 19.4. The summed E-state index contributed by atoms with van der Waals surface area (Å²) in [5.74, 6) is -0.930. The van der Waals surface area contributed by atoms with Crippen LogP contribution < -0.4 is 4.90 Å². The monoisotopic (exact) mass is 358 g/mol. The number of halogens is 3. The molecule has 1 saturated heterocycles. The number of carbonyl (C=O) groups excluding carboxylic acids is 3. The molecule has 6 nitrogen and oxygen atoms in total. The Labute approximate surface area is 142 Å². The Kier molecular flexibility index (Phi) is 5.66. The van der Waals surface area contributed by atoms with E-state index in [1.54, 1.807) is 4.90 Å². The number of rotatable bonds is 4. The number of anilines is 1. The first-order valence-corrected chi connectivity index (χ1v) is 7.55. The van der Waals surface area contributed by atoms with Gasteiger partial charge in [-0.15, -0.1) is 0 Å². The van der Waals surface area contributed by atoms with Gasteiger partial charge >= 0.3 is 12.1 Å². The van der Waals surface area contributed by atoms with Crippen LogP contribution in [0.15, 0.2) is 18.2 Å². The lowest BCUT2D eigenvalue weighted by Gasteiger charge is -2.36. The van der Waals surface area contributed by atoms with Gasteiger partial charge < -0.3 is 14.5 Å². The third kappa shape index (κ3) is 4.71. The fourth-order valence-electron chi connectivity index (χ4n) is 2.54. The van der Waals surface area contributed by atoms with E-state index in [1.807, 2.05) is 0 Å². The second-order valence-corrected chi connectivity index (χ2v) is 5.54. The van der Waals surface area contributed by atoms with Gasteiger partial charge in [-0.2, -0.15) is 13.2 Å². The van der Waals surface area contributed by atoms with E-state index in [2.05, 4.69) is 4.74 Å². The summed E-state index contributed by atoms with van der Waals surface area (Å²) in [5, 5.41) is 0. The summed E-state index contributed by atoms with van der Waals surface area (Å²) in [4.78, 5) is 36.8. The molecule has 1 aliphatic rings. The van der Waals surface area contributed by atoms with E-state index in [0.29, 0.717) is 6.29 Å². The number of piperazine rings is 1. The molecule has 2 rings (SSSR count). The van der Waals surface area contributed by atoms with Crippen molar-refractivity contribution < 1.29 is 32.3 Å². The summed E-state index contributed by atoms with van der Waals surface area (Å²) in [6.45, 7) is 1.89. The maximum atomic E-state index is 12.9. The third-order valence-corrected chi connectivity index (χ3v) is 3.86. The quantitative estimate of drug-likeness (QED) is 0.606. The van der Waals surface area contributed by atoms with Crippen LogP contribution in [-0.4, -0.2) is 55.8 Å². The van der Waals surface area contributed by atoms with Crippen molar-refractivity contribution in [3.63, 3.8) is 0 Å². The second-order valence-electron chi connectivity index (χ2n) is 5.54. The van der Waals surface area contributed by atoms with E-state index in [0.717, 1.165) is 18.2 Å². The van der Waals surface area contributed by atoms with Crippen LogP contribution in [0, 0.1) is 0 Å². The number of amides is 1. The van der Waals surface area contributed by atoms with Crippen molar-refractivity contribution in [3.8, 4) is 0 Å². The van der Waals surface area contributed by atoms with E-state index < -0.39 is 17.7 Å². The molecule has 1 aromatic rings. The highest BCUT2D eigenvalue weighted by molar-refractivity contribution is 5.85. The highest BCUT2D eigenvalue weighted by Crippen LogP contribution is 2.33. The molecule has 1 aromatic carbocycles. The van der Waals surface area contributed by atoms with Gasteiger partial charge in [0.25, 0.3) is 5.91 Å². The van der Waals surface area contributed by atoms with Crippen LogP contribution in [0.4, 0.5) is 18.9 Å². The van der Waals surface area contributed by atoms with Gasteiger partial charge in [-0.25, -0.2) is 0 Å². The lowest BCUT2D eigenvalue weighted by Crippen LogP contribution is -2.50. The predicted molar refractivity (Wildman–Crippen MR) is 82.3 cm³/mol. The molecule has 25 heavy (non-hydrogen) atoms. The molecule has 1 aliphatic heterocycles. The Bertz CT molecular complexity index is 668. The van der Waals surface area contributed by atoms with E-state index in [1.165, 1.54) is 11.8 Å². The van der Waals surface area contributed by atoms with Crippen molar-refractivity contribution in [1.29, 1.82) is 0 Å². The molecular formula is C16H17F3N2O4. The largest absolute Gasteiger partial charge is 0.456 e. The van der Waals surface area contributed by atoms with Crippen LogP contribution in [-0.2, 0) is 20.5 Å². The highest BCUT2D eigenvalue weighted by Gasteiger charge is 2.32. The molecule has 136 valence electrons. The van der Waals surface area contributed by atoms with Crippen molar-refractivity contribution >= 4 is 23.9 Å². The molecule has 1 amide bonds. The van der Waals surface area contributed by atoms with Crippen LogP contribution in [0.2, 0.25) is 0 Å². The molecule has 0 aromatic heterocycles. The molecule has 0 N–H and O–H groups in total. The Hall–Kier alpha value is -2.58. The summed E-state index contributed by atoms with van der Waals surface area (Å²) in [6, 6.07) is 2.95. The van der Waals surface area contributed by atoms with Crippen LogP contribution in [0.3, 0.4) is 0 Å². The molecule has 0 radical (unpaired) electrons. The van der Waals surface area contributed by atoms with Crippen molar-refractivity contribution in [2.45, 2.75) is 13.1 Å². The first-order valence-electron chi connectivity index (χ1n) is 7.55. The number of hydrogen-bond donors (Lipinski definition) is 0. The molecule has 9 heteroatoms. The number of esters is 1. The number of nitrogens with zero attached hydrogens (tertiary/aromatic N) is 2. The van der Waals surface area contributed by atoms with Gasteiger partial charge in [-0.05, 0) is 18.2 Å². The van der Waals surface area contributed by atoms with Crippen LogP contribution in [0.1, 0.15) is 22.8 Å². The summed E-state index contributed by atoms with van der Waals surface area (Å²) in [7, 11) is 0. The first-order chi connectivity index (χ1) is 11.7. The molecule has 0 bridgehead atoms. The molecule has 1 fully saturated rings. The molecule has 0 saturated carbocycles. The summed E-state index contributed by atoms with van der Waals surface area (Å²) < 4.78 is 43.3. The van der Waals surface area contributed by atoms with Gasteiger partial charge in [0.1, 0.15) is 0 Å². The van der Waals surface area contributed by atoms with Gasteiger partial charge in [0.2, 0.25) is 0 Å². The predicted octanol–water partition coefficient (Wildman–Crippen LogP) is 1.73. The minimum Gasteiger partial charge on any atom is -0.456 e. The fraction of sp³-hybridized carbons (Fsp3) is 0.438. The molecule has 0 unspecified atom stereocenters. The zero-order valence-electron chi connectivity index (χ0n) is 13.5. The van der Waals surface area contributed by atoms with Gasteiger partial charge in [0.15, 0.2) is 12.9 Å². The summed E-state index contributed by atoms with van der Waals surface area (Å²) in [6.07, 6.45) is -3.99. The molecule has 0 atom stereocenters. The lowest BCUT2D eigenvalue weighted by molar-refractivity contribution is -0.150. The van der Waals surface area contributed by atoms with E-state index in [-0.39, 0.29) is 49.9 Å². The van der Waals surface area contributed by atoms with E-state index in [9.17, 15) is 27.6 Å². The van der Waals surface area contributed by atoms with Crippen molar-refractivity contribution in [2.24, 2.45) is 0 Å². The van der Waals surface area contributed by atoms with Gasteiger partial charge in [0.05, 0.1) is 5.56 Å². The fourth-order valence-corrected chi connectivity index (χ4v) is 2.54. The zero-order chi connectivity index (χ0) is 18.6. The minimum absolute atomic E-state index is 0.160. The average molecular weight is 358 g/mol. The maximum absolute atomic E-state index is 12.9. The SMILES string of the molecule is CC(=O)OCC(=O)N1CCN(c2cc(C(F)(F)F)ccc2C=O)CC1. The summed E-state index contributed by atoms with van der Waals surface area (Å²) in [5.41, 5.74) is -0.480. The second kappa shape index (κ2) is 7.54. The normalized spacial score (nSPS) is 15.0. The average Bonchev–Trinajstić information content (AvgIpc) is 2.58. The number of benzene rings is 1. The van der Waals surface area contributed by atoms with Crippen LogP contribution in [0.25, 0.3) is 0 Å². The zero-order valence-corrected chi connectivity index (χ0v) is 13.5. The molecule has 1 heterocycles. The topological polar surface area (TPSA) is 66.9 Å². The first kappa shape index (κ1) is 18.8. The summed E-state index contributed by atoms with van der Waals surface area (Å²) >= 11 is 0. The number of alkyl halides is 3. The number of hydrogen-bond acceptors (Lipinski definition) is 5. The molecule has 0 spiro atoms. The van der Waals surface area contributed by atoms with Gasteiger partial charge in [-0.1, -0.05) is 0 Å². The number of aldehydes is 1. The Morgan fingerprint density at radius 1 is 1.20 bits per heavy atom. The Balaban J connectivity index is 2.08. The smallest absolute Gasteiger partial charge is 0.416 e. The van der Waals surface area contributed by atoms with Crippen molar-refractivity contribution in [1.82, 2.24) is 4.90 Å². The third-order valence-electron chi connectivity index (χ3n) is 3.86. The van der Waals surface area contributed by atoms with Crippen LogP contribution in [0.5, 0.6) is 0 Å². The molecule has 0 aliphatic carbocycles. The molecular weight excluding hydrogens is 341 g/mol. The van der Waals surface area contributed by atoms with Crippen LogP contribution >= 0.6 is 0 Å². The Morgan fingerprint density at radius 2 is 1.84 bits per heavy atom. The van der Waals surface area contributed by atoms with E-state index in [4.69, 9.17) is 0 Å². The maximum Gasteiger partial charge on any atom is 0.416 e. The Morgan fingerprint density at radius 3 is 2.36 bits per heavy atom. The standard InChI is InChI=1S/C16H17F3N2O4/c1-11(23)25-10-15(24)21-6-4-20(5-7-21)14-8-13(16(17,18)19)3-2-12(14)9-22/h2-3,8-9H,4-7,10H2,1H3. The van der Waals surface area contributed by atoms with Crippen molar-refractivity contribution in [3.05, 3.63) is 29.3 Å². The minimum atomic E-state index is -4.50. The van der Waals surface area contributed by atoms with E-state index >= 15 is 0 Å². The number of carbonyl (C=O) groups is 3. The van der Waals surface area contributed by atoms with Crippen molar-refractivity contribution in [2.75, 3.05) is 37.7 Å². The van der Waals surface area contributed by atoms with Gasteiger partial charge in [-0.3, -0.25) is 14.4 Å². The lowest BCUT2D eigenvalue weighted by atomic mass is 10.1. The van der Waals surface area contributed by atoms with Gasteiger partial charge in [0, 0.05) is 44.4 Å². The number of ether oxygens (including phenoxy) is 1.